The second-order valence-corrected chi connectivity index (χ2v) is 10.1. The van der Waals surface area contributed by atoms with Crippen LogP contribution in [0.15, 0.2) is 58.9 Å². The predicted octanol–water partition coefficient (Wildman–Crippen LogP) is 5.39. The highest BCUT2D eigenvalue weighted by molar-refractivity contribution is 7.07. The van der Waals surface area contributed by atoms with Gasteiger partial charge in [-0.25, -0.2) is 4.99 Å². The van der Waals surface area contributed by atoms with E-state index in [2.05, 4.69) is 91.1 Å². The van der Waals surface area contributed by atoms with Gasteiger partial charge in [0.15, 0.2) is 4.80 Å². The lowest BCUT2D eigenvalue weighted by atomic mass is 9.86. The number of morpholine rings is 1. The van der Waals surface area contributed by atoms with Crippen LogP contribution in [0.5, 0.6) is 0 Å². The lowest BCUT2D eigenvalue weighted by Gasteiger charge is -2.27. The molecule has 4 nitrogen and oxygen atoms in total. The number of hydrogen-bond donors (Lipinski definition) is 0. The topological polar surface area (TPSA) is 29.8 Å². The first kappa shape index (κ1) is 22.0. The van der Waals surface area contributed by atoms with Crippen molar-refractivity contribution in [3.63, 3.8) is 0 Å². The van der Waals surface area contributed by atoms with Crippen LogP contribution in [0.2, 0.25) is 0 Å². The van der Waals surface area contributed by atoms with Gasteiger partial charge in [-0.1, -0.05) is 57.2 Å². The van der Waals surface area contributed by atoms with Crippen molar-refractivity contribution >= 4 is 17.0 Å². The number of ether oxygens (including phenoxy) is 1. The number of aryl methyl sites for hydroxylation is 1. The number of aromatic nitrogens is 1. The molecule has 2 aromatic carbocycles. The number of hydrogen-bond acceptors (Lipinski definition) is 4. The predicted molar refractivity (Wildman–Crippen MR) is 130 cm³/mol. The molecule has 1 aliphatic heterocycles. The van der Waals surface area contributed by atoms with E-state index < -0.39 is 0 Å². The fourth-order valence-corrected chi connectivity index (χ4v) is 4.84. The first-order valence-corrected chi connectivity index (χ1v) is 12.0. The van der Waals surface area contributed by atoms with Crippen LogP contribution in [0.25, 0.3) is 11.3 Å². The van der Waals surface area contributed by atoms with E-state index in [9.17, 15) is 0 Å². The Balaban J connectivity index is 1.69. The van der Waals surface area contributed by atoms with Crippen LogP contribution in [0.4, 0.5) is 5.69 Å². The molecule has 0 spiro atoms. The van der Waals surface area contributed by atoms with Crippen LogP contribution >= 0.6 is 11.3 Å². The molecule has 5 heteroatoms. The average molecular weight is 436 g/mol. The van der Waals surface area contributed by atoms with E-state index in [0.717, 1.165) is 49.9 Å². The van der Waals surface area contributed by atoms with Gasteiger partial charge in [-0.3, -0.25) is 4.90 Å². The highest BCUT2D eigenvalue weighted by Crippen LogP contribution is 2.27. The lowest BCUT2D eigenvalue weighted by Crippen LogP contribution is -2.39. The molecule has 0 N–H and O–H groups in total. The molecule has 31 heavy (non-hydrogen) atoms. The third-order valence-electron chi connectivity index (χ3n) is 5.81. The largest absolute Gasteiger partial charge is 0.379 e. The van der Waals surface area contributed by atoms with Crippen molar-refractivity contribution in [2.75, 3.05) is 32.8 Å². The molecule has 3 aromatic rings. The first-order valence-electron chi connectivity index (χ1n) is 11.1. The zero-order valence-corrected chi connectivity index (χ0v) is 19.9. The SMILES string of the molecule is Cc1cccc(N=c2scc(-c3ccc(C(C)(C)C)cc3)n2CCN2CCOCC2)c1. The first-order chi connectivity index (χ1) is 14.9. The fourth-order valence-electron chi connectivity index (χ4n) is 3.88. The van der Waals surface area contributed by atoms with Crippen molar-refractivity contribution in [1.29, 1.82) is 0 Å². The quantitative estimate of drug-likeness (QED) is 0.538. The highest BCUT2D eigenvalue weighted by atomic mass is 32.1. The van der Waals surface area contributed by atoms with Gasteiger partial charge in [0.25, 0.3) is 0 Å². The average Bonchev–Trinajstić information content (AvgIpc) is 3.15. The Morgan fingerprint density at radius 2 is 1.74 bits per heavy atom. The van der Waals surface area contributed by atoms with Gasteiger partial charge in [-0.15, -0.1) is 11.3 Å². The molecule has 0 unspecified atom stereocenters. The van der Waals surface area contributed by atoms with Crippen molar-refractivity contribution in [2.24, 2.45) is 4.99 Å². The molecule has 0 amide bonds. The van der Waals surface area contributed by atoms with E-state index in [1.807, 2.05) is 0 Å². The minimum Gasteiger partial charge on any atom is -0.379 e. The lowest BCUT2D eigenvalue weighted by molar-refractivity contribution is 0.0363. The second-order valence-electron chi connectivity index (χ2n) is 9.29. The molecule has 164 valence electrons. The van der Waals surface area contributed by atoms with Crippen molar-refractivity contribution in [2.45, 2.75) is 39.7 Å². The Hall–Kier alpha value is -2.21. The summed E-state index contributed by atoms with van der Waals surface area (Å²) in [5.41, 5.74) is 6.25. The van der Waals surface area contributed by atoms with Gasteiger partial charge in [-0.2, -0.15) is 0 Å². The van der Waals surface area contributed by atoms with E-state index in [-0.39, 0.29) is 5.41 Å². The molecule has 2 heterocycles. The Morgan fingerprint density at radius 3 is 2.42 bits per heavy atom. The van der Waals surface area contributed by atoms with Crippen molar-refractivity contribution in [3.05, 3.63) is 69.8 Å². The summed E-state index contributed by atoms with van der Waals surface area (Å²) < 4.78 is 7.90. The molecular formula is C26H33N3OS. The van der Waals surface area contributed by atoms with E-state index >= 15 is 0 Å². The van der Waals surface area contributed by atoms with Gasteiger partial charge >= 0.3 is 0 Å². The van der Waals surface area contributed by atoms with Crippen LogP contribution in [0.1, 0.15) is 31.9 Å². The molecule has 0 radical (unpaired) electrons. The molecule has 1 aromatic heterocycles. The molecule has 1 aliphatic rings. The van der Waals surface area contributed by atoms with Crippen molar-refractivity contribution in [3.8, 4) is 11.3 Å². The Kier molecular flexibility index (Phi) is 6.75. The zero-order valence-electron chi connectivity index (χ0n) is 19.1. The molecule has 1 fully saturated rings. The standard InChI is InChI=1S/C26H33N3OS/c1-20-6-5-7-23(18-20)27-25-29(13-12-28-14-16-30-17-15-28)24(19-31-25)21-8-10-22(11-9-21)26(2,3)4/h5-11,18-19H,12-17H2,1-4H3. The highest BCUT2D eigenvalue weighted by Gasteiger charge is 2.16. The molecule has 0 atom stereocenters. The molecular weight excluding hydrogens is 402 g/mol. The van der Waals surface area contributed by atoms with E-state index in [1.54, 1.807) is 11.3 Å². The van der Waals surface area contributed by atoms with Crippen LogP contribution in [-0.2, 0) is 16.7 Å². The number of nitrogens with zero attached hydrogens (tertiary/aromatic N) is 3. The maximum atomic E-state index is 5.52. The summed E-state index contributed by atoms with van der Waals surface area (Å²) in [5.74, 6) is 0. The zero-order chi connectivity index (χ0) is 21.8. The van der Waals surface area contributed by atoms with Gasteiger partial charge in [0.05, 0.1) is 24.6 Å². The van der Waals surface area contributed by atoms with E-state index in [1.165, 1.54) is 22.4 Å². The maximum absolute atomic E-state index is 5.52. The van der Waals surface area contributed by atoms with Crippen LogP contribution in [-0.4, -0.2) is 42.3 Å². The minimum absolute atomic E-state index is 0.158. The summed E-state index contributed by atoms with van der Waals surface area (Å²) in [6.45, 7) is 14.5. The third-order valence-corrected chi connectivity index (χ3v) is 6.68. The van der Waals surface area contributed by atoms with Gasteiger partial charge < -0.3 is 9.30 Å². The summed E-state index contributed by atoms with van der Waals surface area (Å²) in [6, 6.07) is 17.4. The van der Waals surface area contributed by atoms with Gasteiger partial charge in [0, 0.05) is 31.6 Å². The molecule has 1 saturated heterocycles. The third kappa shape index (κ3) is 5.53. The Morgan fingerprint density at radius 1 is 1.00 bits per heavy atom. The maximum Gasteiger partial charge on any atom is 0.190 e. The summed E-state index contributed by atoms with van der Waals surface area (Å²) in [4.78, 5) is 8.54. The van der Waals surface area contributed by atoms with Crippen molar-refractivity contribution < 1.29 is 4.74 Å². The summed E-state index contributed by atoms with van der Waals surface area (Å²) in [5, 5.41) is 2.25. The monoisotopic (exact) mass is 435 g/mol. The van der Waals surface area contributed by atoms with Crippen LogP contribution in [0.3, 0.4) is 0 Å². The van der Waals surface area contributed by atoms with Gasteiger partial charge in [0.1, 0.15) is 0 Å². The summed E-state index contributed by atoms with van der Waals surface area (Å²) in [6.07, 6.45) is 0. The Labute approximate surface area is 189 Å². The molecule has 4 rings (SSSR count). The molecule has 0 saturated carbocycles. The van der Waals surface area contributed by atoms with E-state index in [4.69, 9.17) is 9.73 Å². The van der Waals surface area contributed by atoms with Crippen molar-refractivity contribution in [1.82, 2.24) is 9.47 Å². The molecule has 0 aliphatic carbocycles. The second kappa shape index (κ2) is 9.51. The molecule has 0 bridgehead atoms. The fraction of sp³-hybridized carbons (Fsp3) is 0.423. The summed E-state index contributed by atoms with van der Waals surface area (Å²) in [7, 11) is 0. The van der Waals surface area contributed by atoms with Gasteiger partial charge in [0.2, 0.25) is 0 Å². The number of rotatable bonds is 5. The normalized spacial score (nSPS) is 16.1. The van der Waals surface area contributed by atoms with Crippen LogP contribution in [0, 0.1) is 6.92 Å². The smallest absolute Gasteiger partial charge is 0.190 e. The Bertz CT molecular complexity index is 1070. The summed E-state index contributed by atoms with van der Waals surface area (Å²) >= 11 is 1.72. The minimum atomic E-state index is 0.158. The number of thiazole rings is 1. The van der Waals surface area contributed by atoms with Crippen LogP contribution < -0.4 is 4.80 Å². The van der Waals surface area contributed by atoms with E-state index in [0.29, 0.717) is 0 Å². The number of benzene rings is 2. The van der Waals surface area contributed by atoms with Gasteiger partial charge in [-0.05, 0) is 41.2 Å².